The predicted molar refractivity (Wildman–Crippen MR) is 179 cm³/mol. The van der Waals surface area contributed by atoms with E-state index in [0.717, 1.165) is 30.4 Å². The number of halogens is 1. The standard InChI is InChI=1S/C34H46INO4.C2H6/c1-4-5-16-35-33-26-18-27-23(3)36(19-24-12-13-24)17-15-34(27)29-22(2)11-14-28(37-20-25-9-7-6-8-10-25)31(29)40-32(34)30(26)38-21-39-33;1-2/h6-11,14,23-24,26-27,30,32-33,35H,4-5,12-13,15-21H2,1-3H3;1-2H3/t23?,26-,27?,30?,32-,33?,34?;/m0./s1. The Morgan fingerprint density at radius 1 is 1.07 bits per heavy atom. The molecule has 0 amide bonds. The van der Waals surface area contributed by atoms with Crippen LogP contribution in [-0.2, 0) is 21.5 Å². The molecular weight excluding hydrogens is 637 g/mol. The Morgan fingerprint density at radius 3 is 2.64 bits per heavy atom. The van der Waals surface area contributed by atoms with Gasteiger partial charge in [0.1, 0.15) is 0 Å². The summed E-state index contributed by atoms with van der Waals surface area (Å²) in [6, 6.07) is 15.4. The number of fused-ring (bicyclic) bond motifs is 3. The number of alkyl halides is 2. The summed E-state index contributed by atoms with van der Waals surface area (Å²) < 4.78 is 28.4. The van der Waals surface area contributed by atoms with Crippen LogP contribution in [0.5, 0.6) is 11.5 Å². The number of nitrogens with zero attached hydrogens (tertiary/aromatic N) is 1. The first-order chi connectivity index (χ1) is 20.6. The van der Waals surface area contributed by atoms with E-state index in [1.807, 2.05) is 13.8 Å². The predicted octanol–water partition coefficient (Wildman–Crippen LogP) is 7.94. The van der Waals surface area contributed by atoms with Crippen LogP contribution in [0.4, 0.5) is 0 Å². The Morgan fingerprint density at radius 2 is 1.88 bits per heavy atom. The van der Waals surface area contributed by atoms with Gasteiger partial charge in [-0.05, 0) is 0 Å². The van der Waals surface area contributed by atoms with Crippen LogP contribution in [0.1, 0.15) is 82.9 Å². The van der Waals surface area contributed by atoms with Crippen LogP contribution in [0.15, 0.2) is 42.5 Å². The van der Waals surface area contributed by atoms with Crippen molar-refractivity contribution >= 4 is 21.2 Å². The first-order valence-corrected chi connectivity index (χ1v) is 19.7. The van der Waals surface area contributed by atoms with Crippen molar-refractivity contribution in [2.24, 2.45) is 17.8 Å². The minimum absolute atomic E-state index is 0.0296. The quantitative estimate of drug-likeness (QED) is 0.152. The van der Waals surface area contributed by atoms with Crippen LogP contribution in [0.25, 0.3) is 0 Å². The second-order valence-corrected chi connectivity index (χ2v) is 16.3. The Kier molecular flexibility index (Phi) is 9.74. The average Bonchev–Trinajstić information content (AvgIpc) is 3.77. The maximum absolute atomic E-state index is 7.18. The molecule has 1 spiro atoms. The topological polar surface area (TPSA) is 40.2 Å². The number of rotatable bonds is 9. The van der Waals surface area contributed by atoms with Gasteiger partial charge in [-0.2, -0.15) is 0 Å². The zero-order chi connectivity index (χ0) is 29.3. The number of hydrogen-bond acceptors (Lipinski definition) is 5. The van der Waals surface area contributed by atoms with Gasteiger partial charge in [0.15, 0.2) is 0 Å². The van der Waals surface area contributed by atoms with E-state index in [2.05, 4.69) is 68.1 Å². The van der Waals surface area contributed by atoms with E-state index < -0.39 is 0 Å². The maximum atomic E-state index is 7.18. The van der Waals surface area contributed by atoms with Crippen LogP contribution >= 0.6 is 21.2 Å². The molecule has 4 fully saturated rings. The summed E-state index contributed by atoms with van der Waals surface area (Å²) in [6.45, 7) is 14.5. The number of benzene rings is 2. The molecule has 2 saturated heterocycles. The van der Waals surface area contributed by atoms with Crippen molar-refractivity contribution in [1.82, 2.24) is 4.90 Å². The number of ether oxygens (including phenoxy) is 4. The van der Waals surface area contributed by atoms with Crippen LogP contribution in [0, 0.1) is 24.7 Å². The third-order valence-corrected chi connectivity index (χ3v) is 14.3. The molecule has 2 aliphatic carbocycles. The summed E-state index contributed by atoms with van der Waals surface area (Å²) in [4.78, 5) is 2.82. The van der Waals surface area contributed by atoms with E-state index in [9.17, 15) is 0 Å². The van der Waals surface area contributed by atoms with Crippen molar-refractivity contribution in [2.45, 2.75) is 108 Å². The molecule has 0 radical (unpaired) electrons. The summed E-state index contributed by atoms with van der Waals surface area (Å²) in [5.74, 6) is 3.75. The van der Waals surface area contributed by atoms with Crippen molar-refractivity contribution in [1.29, 1.82) is 0 Å². The third-order valence-electron chi connectivity index (χ3n) is 10.5. The molecule has 42 heavy (non-hydrogen) atoms. The van der Waals surface area contributed by atoms with Crippen molar-refractivity contribution in [2.75, 3.05) is 24.3 Å². The van der Waals surface area contributed by atoms with Gasteiger partial charge in [-0.1, -0.05) is 19.9 Å². The fraction of sp³-hybridized carbons (Fsp3) is 0.667. The molecule has 232 valence electrons. The fourth-order valence-electron chi connectivity index (χ4n) is 8.26. The SMILES string of the molecule is CC.CCCC[IH]C1OCOC2[C@@H]1CC1C(C)N(CC3CC3)CCC13c1c(C)ccc(OCc4ccccc4)c1O[C@@H]23. The molecule has 0 bridgehead atoms. The molecule has 7 rings (SSSR count). The van der Waals surface area contributed by atoms with Gasteiger partial charge in [0.05, 0.1) is 0 Å². The van der Waals surface area contributed by atoms with Crippen LogP contribution in [0.2, 0.25) is 0 Å². The zero-order valence-electron chi connectivity index (χ0n) is 26.3. The summed E-state index contributed by atoms with van der Waals surface area (Å²) in [7, 11) is 0. The molecule has 2 saturated carbocycles. The number of hydrogen-bond donors (Lipinski definition) is 0. The van der Waals surface area contributed by atoms with Crippen molar-refractivity contribution in [3.63, 3.8) is 0 Å². The molecular formula is C36H52INO4. The molecule has 5 unspecified atom stereocenters. The van der Waals surface area contributed by atoms with Crippen LogP contribution in [0.3, 0.4) is 0 Å². The molecule has 5 nitrogen and oxygen atoms in total. The van der Waals surface area contributed by atoms with E-state index in [1.165, 1.54) is 59.8 Å². The molecule has 2 aromatic carbocycles. The van der Waals surface area contributed by atoms with Crippen LogP contribution < -0.4 is 9.47 Å². The number of unbranched alkanes of at least 4 members (excludes halogenated alkanes) is 1. The van der Waals surface area contributed by atoms with Gasteiger partial charge >= 0.3 is 245 Å². The Labute approximate surface area is 264 Å². The molecule has 0 N–H and O–H groups in total. The van der Waals surface area contributed by atoms with Gasteiger partial charge in [-0.25, -0.2) is 0 Å². The first-order valence-electron chi connectivity index (χ1n) is 16.7. The molecule has 2 aromatic rings. The number of piperidine rings is 1. The van der Waals surface area contributed by atoms with Crippen molar-refractivity contribution in [3.8, 4) is 11.5 Å². The second kappa shape index (κ2) is 13.3. The summed E-state index contributed by atoms with van der Waals surface area (Å²) in [5, 5.41) is 0. The van der Waals surface area contributed by atoms with Crippen molar-refractivity contribution < 1.29 is 18.9 Å². The third kappa shape index (κ3) is 5.63. The first kappa shape index (κ1) is 30.7. The van der Waals surface area contributed by atoms with E-state index >= 15 is 0 Å². The Bertz CT molecular complexity index is 1190. The van der Waals surface area contributed by atoms with E-state index in [1.54, 1.807) is 0 Å². The fourth-order valence-corrected chi connectivity index (χ4v) is 12.1. The molecule has 0 aromatic heterocycles. The van der Waals surface area contributed by atoms with Gasteiger partial charge in [0, 0.05) is 0 Å². The monoisotopic (exact) mass is 689 g/mol. The Balaban J connectivity index is 0.00000155. The van der Waals surface area contributed by atoms with Crippen molar-refractivity contribution in [3.05, 3.63) is 59.2 Å². The molecule has 5 aliphatic rings. The molecule has 7 atom stereocenters. The van der Waals surface area contributed by atoms with Gasteiger partial charge in [-0.15, -0.1) is 0 Å². The van der Waals surface area contributed by atoms with Gasteiger partial charge in [-0.3, -0.25) is 0 Å². The minimum atomic E-state index is -0.236. The Hall–Kier alpha value is -1.35. The number of aryl methyl sites for hydroxylation is 1. The summed E-state index contributed by atoms with van der Waals surface area (Å²) >= 11 is -0.236. The average molecular weight is 690 g/mol. The van der Waals surface area contributed by atoms with Crippen LogP contribution in [-0.4, -0.2) is 51.6 Å². The second-order valence-electron chi connectivity index (χ2n) is 12.9. The van der Waals surface area contributed by atoms with E-state index in [0.29, 0.717) is 35.4 Å². The summed E-state index contributed by atoms with van der Waals surface area (Å²) in [6.07, 6.45) is 7.86. The molecule has 3 heterocycles. The molecule has 3 aliphatic heterocycles. The normalized spacial score (nSPS) is 33.4. The zero-order valence-corrected chi connectivity index (χ0v) is 28.7. The van der Waals surface area contributed by atoms with Gasteiger partial charge in [0.25, 0.3) is 0 Å². The van der Waals surface area contributed by atoms with E-state index in [4.69, 9.17) is 18.9 Å². The molecule has 6 heteroatoms. The van der Waals surface area contributed by atoms with Gasteiger partial charge < -0.3 is 0 Å². The van der Waals surface area contributed by atoms with E-state index in [-0.39, 0.29) is 38.8 Å². The van der Waals surface area contributed by atoms with Gasteiger partial charge in [0.2, 0.25) is 0 Å². The number of likely N-dealkylation sites (tertiary alicyclic amines) is 1. The summed E-state index contributed by atoms with van der Waals surface area (Å²) in [5.41, 5.74) is 3.91.